The molecule has 1 N–H and O–H groups in total. The second-order valence-electron chi connectivity index (χ2n) is 3.89. The molecule has 0 aromatic carbocycles. The molecule has 0 unspecified atom stereocenters. The Morgan fingerprint density at radius 3 is 2.09 bits per heavy atom. The third-order valence-electron chi connectivity index (χ3n) is 1.78. The van der Waals surface area contributed by atoms with Crippen molar-refractivity contribution in [2.75, 3.05) is 0 Å². The highest BCUT2D eigenvalue weighted by molar-refractivity contribution is 5.28. The first-order valence-corrected chi connectivity index (χ1v) is 3.77. The Labute approximate surface area is 66.6 Å². The first-order valence-electron chi connectivity index (χ1n) is 3.77. The summed E-state index contributed by atoms with van der Waals surface area (Å²) < 4.78 is 13.1. The molecular formula is C9H14FN. The molecule has 0 aliphatic heterocycles. The van der Waals surface area contributed by atoms with Crippen LogP contribution < -0.4 is 0 Å². The molecule has 1 heterocycles. The van der Waals surface area contributed by atoms with Crippen LogP contribution in [0.1, 0.15) is 32.0 Å². The smallest absolute Gasteiger partial charge is 0.144 e. The molecule has 0 saturated heterocycles. The predicted molar refractivity (Wildman–Crippen MR) is 44.2 cm³/mol. The van der Waals surface area contributed by atoms with Gasteiger partial charge in [0.1, 0.15) is 5.82 Å². The molecule has 2 heteroatoms. The lowest BCUT2D eigenvalue weighted by Crippen LogP contribution is -2.13. The Bertz CT molecular complexity index is 236. The Hall–Kier alpha value is -0.790. The minimum absolute atomic E-state index is 0.103. The molecule has 0 saturated carbocycles. The van der Waals surface area contributed by atoms with Gasteiger partial charge in [-0.05, 0) is 12.3 Å². The second-order valence-corrected chi connectivity index (χ2v) is 3.89. The molecule has 0 fully saturated rings. The molecule has 0 amide bonds. The van der Waals surface area contributed by atoms with Gasteiger partial charge in [-0.1, -0.05) is 20.8 Å². The molecule has 0 atom stereocenters. The average molecular weight is 155 g/mol. The zero-order chi connectivity index (χ0) is 8.65. The van der Waals surface area contributed by atoms with Crippen molar-refractivity contribution in [3.63, 3.8) is 0 Å². The number of hydrogen-bond donors (Lipinski definition) is 1. The number of halogens is 1. The van der Waals surface area contributed by atoms with Gasteiger partial charge in [-0.2, -0.15) is 0 Å². The summed E-state index contributed by atoms with van der Waals surface area (Å²) in [6.07, 6.45) is 1.41. The minimum Gasteiger partial charge on any atom is -0.362 e. The summed E-state index contributed by atoms with van der Waals surface area (Å²) in [5, 5.41) is 0. The van der Waals surface area contributed by atoms with Crippen LogP contribution >= 0.6 is 0 Å². The Morgan fingerprint density at radius 1 is 1.36 bits per heavy atom. The molecule has 0 aliphatic rings. The molecule has 1 aromatic rings. The lowest BCUT2D eigenvalue weighted by Gasteiger charge is -2.18. The Kier molecular flexibility index (Phi) is 1.78. The van der Waals surface area contributed by atoms with E-state index in [1.807, 2.05) is 27.7 Å². The number of aryl methyl sites for hydroxylation is 1. The maximum Gasteiger partial charge on any atom is 0.144 e. The van der Waals surface area contributed by atoms with Crippen molar-refractivity contribution >= 4 is 0 Å². The van der Waals surface area contributed by atoms with Gasteiger partial charge in [-0.15, -0.1) is 0 Å². The Balaban J connectivity index is 3.21. The summed E-state index contributed by atoms with van der Waals surface area (Å²) in [5.74, 6) is -0.130. The number of hydrogen-bond acceptors (Lipinski definition) is 0. The van der Waals surface area contributed by atoms with Crippen LogP contribution in [0.15, 0.2) is 6.20 Å². The highest BCUT2D eigenvalue weighted by Gasteiger charge is 2.21. The van der Waals surface area contributed by atoms with Gasteiger partial charge in [0.15, 0.2) is 0 Å². The molecule has 62 valence electrons. The van der Waals surface area contributed by atoms with Crippen LogP contribution in [0.4, 0.5) is 4.39 Å². The zero-order valence-electron chi connectivity index (χ0n) is 7.46. The van der Waals surface area contributed by atoms with Crippen LogP contribution in [0.2, 0.25) is 0 Å². The number of rotatable bonds is 0. The summed E-state index contributed by atoms with van der Waals surface area (Å²) in [6.45, 7) is 7.91. The summed E-state index contributed by atoms with van der Waals surface area (Å²) in [5.41, 5.74) is 1.61. The van der Waals surface area contributed by atoms with Crippen molar-refractivity contribution in [2.45, 2.75) is 33.1 Å². The number of aromatic nitrogens is 1. The van der Waals surface area contributed by atoms with Crippen molar-refractivity contribution in [1.29, 1.82) is 0 Å². The Morgan fingerprint density at radius 2 is 1.91 bits per heavy atom. The van der Waals surface area contributed by atoms with E-state index in [0.29, 0.717) is 0 Å². The highest BCUT2D eigenvalue weighted by atomic mass is 19.1. The molecule has 0 spiro atoms. The van der Waals surface area contributed by atoms with E-state index in [9.17, 15) is 4.39 Å². The third-order valence-corrected chi connectivity index (χ3v) is 1.78. The molecule has 1 aromatic heterocycles. The standard InChI is InChI=1S/C9H14FN/c1-6-8(9(2,3)4)7(10)5-11-6/h5,11H,1-4H3. The third kappa shape index (κ3) is 1.44. The number of H-pyrrole nitrogens is 1. The van der Waals surface area contributed by atoms with Gasteiger partial charge >= 0.3 is 0 Å². The van der Waals surface area contributed by atoms with Gasteiger partial charge in [-0.3, -0.25) is 0 Å². The van der Waals surface area contributed by atoms with E-state index in [-0.39, 0.29) is 11.2 Å². The first kappa shape index (κ1) is 8.31. The molecule has 0 aliphatic carbocycles. The maximum absolute atomic E-state index is 13.1. The lowest BCUT2D eigenvalue weighted by atomic mass is 9.87. The van der Waals surface area contributed by atoms with Gasteiger partial charge in [0.05, 0.1) is 0 Å². The van der Waals surface area contributed by atoms with Crippen LogP contribution in [0.3, 0.4) is 0 Å². The topological polar surface area (TPSA) is 15.8 Å². The van der Waals surface area contributed by atoms with Crippen molar-refractivity contribution in [2.24, 2.45) is 0 Å². The molecule has 11 heavy (non-hydrogen) atoms. The summed E-state index contributed by atoms with van der Waals surface area (Å²) in [4.78, 5) is 2.87. The van der Waals surface area contributed by atoms with Gasteiger partial charge in [0.2, 0.25) is 0 Å². The summed E-state index contributed by atoms with van der Waals surface area (Å²) >= 11 is 0. The van der Waals surface area contributed by atoms with Crippen molar-refractivity contribution in [1.82, 2.24) is 4.98 Å². The summed E-state index contributed by atoms with van der Waals surface area (Å²) in [7, 11) is 0. The van der Waals surface area contributed by atoms with Gasteiger partial charge in [0.25, 0.3) is 0 Å². The molecule has 0 radical (unpaired) electrons. The zero-order valence-corrected chi connectivity index (χ0v) is 7.46. The molecule has 1 nitrogen and oxygen atoms in total. The van der Waals surface area contributed by atoms with Crippen LogP contribution in [0.5, 0.6) is 0 Å². The number of aromatic amines is 1. The normalized spacial score (nSPS) is 12.1. The lowest BCUT2D eigenvalue weighted by molar-refractivity contribution is 0.526. The quantitative estimate of drug-likeness (QED) is 0.593. The van der Waals surface area contributed by atoms with Crippen LogP contribution in [-0.4, -0.2) is 4.98 Å². The minimum atomic E-state index is -0.130. The van der Waals surface area contributed by atoms with Crippen molar-refractivity contribution < 1.29 is 4.39 Å². The second kappa shape index (κ2) is 2.36. The SMILES string of the molecule is Cc1[nH]cc(F)c1C(C)(C)C. The molecule has 0 bridgehead atoms. The van der Waals surface area contributed by atoms with E-state index in [1.165, 1.54) is 6.20 Å². The van der Waals surface area contributed by atoms with E-state index >= 15 is 0 Å². The molecular weight excluding hydrogens is 141 g/mol. The monoisotopic (exact) mass is 155 g/mol. The summed E-state index contributed by atoms with van der Waals surface area (Å²) in [6, 6.07) is 0. The predicted octanol–water partition coefficient (Wildman–Crippen LogP) is 2.76. The van der Waals surface area contributed by atoms with Crippen LogP contribution in [0.25, 0.3) is 0 Å². The number of nitrogens with one attached hydrogen (secondary N) is 1. The van der Waals surface area contributed by atoms with Crippen molar-refractivity contribution in [3.05, 3.63) is 23.3 Å². The van der Waals surface area contributed by atoms with E-state index < -0.39 is 0 Å². The average Bonchev–Trinajstić information content (AvgIpc) is 2.08. The van der Waals surface area contributed by atoms with Crippen LogP contribution in [-0.2, 0) is 5.41 Å². The van der Waals surface area contributed by atoms with E-state index in [2.05, 4.69) is 4.98 Å². The fourth-order valence-electron chi connectivity index (χ4n) is 1.42. The largest absolute Gasteiger partial charge is 0.362 e. The van der Waals surface area contributed by atoms with Crippen molar-refractivity contribution in [3.8, 4) is 0 Å². The van der Waals surface area contributed by atoms with Crippen LogP contribution in [0, 0.1) is 12.7 Å². The fraction of sp³-hybridized carbons (Fsp3) is 0.556. The van der Waals surface area contributed by atoms with E-state index in [0.717, 1.165) is 11.3 Å². The highest BCUT2D eigenvalue weighted by Crippen LogP contribution is 2.27. The van der Waals surface area contributed by atoms with E-state index in [4.69, 9.17) is 0 Å². The maximum atomic E-state index is 13.1. The van der Waals surface area contributed by atoms with Gasteiger partial charge < -0.3 is 4.98 Å². The molecule has 1 rings (SSSR count). The van der Waals surface area contributed by atoms with E-state index in [1.54, 1.807) is 0 Å². The fourth-order valence-corrected chi connectivity index (χ4v) is 1.42. The first-order chi connectivity index (χ1) is 4.93. The van der Waals surface area contributed by atoms with Gasteiger partial charge in [0, 0.05) is 17.5 Å². The van der Waals surface area contributed by atoms with Gasteiger partial charge in [-0.25, -0.2) is 4.39 Å².